The number of Topliss-reactive ketones (excluding diaryl/α,β-unsaturated/α-hetero) is 1. The van der Waals surface area contributed by atoms with Crippen molar-refractivity contribution in [2.75, 3.05) is 0 Å². The standard InChI is InChI=1S/C14H17IN2OS/c1-3-12(4-2)17-6-5-11(16-17)8-13(18)10-7-14(15)19-9-10/h5-7,9,12H,3-4,8H2,1-2H3. The van der Waals surface area contributed by atoms with Crippen LogP contribution in [0.25, 0.3) is 0 Å². The Balaban J connectivity index is 2.06. The highest BCUT2D eigenvalue weighted by atomic mass is 127. The maximum absolute atomic E-state index is 12.1. The molecule has 19 heavy (non-hydrogen) atoms. The maximum Gasteiger partial charge on any atom is 0.169 e. The predicted molar refractivity (Wildman–Crippen MR) is 86.9 cm³/mol. The lowest BCUT2D eigenvalue weighted by Crippen LogP contribution is -2.09. The lowest BCUT2D eigenvalue weighted by Gasteiger charge is -2.12. The fraction of sp³-hybridized carbons (Fsp3) is 0.429. The largest absolute Gasteiger partial charge is 0.294 e. The van der Waals surface area contributed by atoms with E-state index < -0.39 is 0 Å². The van der Waals surface area contributed by atoms with Crippen molar-refractivity contribution in [1.29, 1.82) is 0 Å². The monoisotopic (exact) mass is 388 g/mol. The zero-order valence-electron chi connectivity index (χ0n) is 11.1. The predicted octanol–water partition coefficient (Wildman–Crippen LogP) is 4.34. The number of carbonyl (C=O) groups is 1. The molecule has 0 radical (unpaired) electrons. The van der Waals surface area contributed by atoms with Crippen LogP contribution in [0.5, 0.6) is 0 Å². The minimum absolute atomic E-state index is 0.147. The van der Waals surface area contributed by atoms with Gasteiger partial charge in [0.2, 0.25) is 0 Å². The van der Waals surface area contributed by atoms with Crippen molar-refractivity contribution in [2.24, 2.45) is 0 Å². The van der Waals surface area contributed by atoms with Crippen LogP contribution < -0.4 is 0 Å². The highest BCUT2D eigenvalue weighted by Crippen LogP contribution is 2.19. The summed E-state index contributed by atoms with van der Waals surface area (Å²) in [5.41, 5.74) is 1.66. The van der Waals surface area contributed by atoms with Crippen LogP contribution in [0, 0.1) is 2.88 Å². The van der Waals surface area contributed by atoms with E-state index >= 15 is 0 Å². The molecule has 0 aromatic carbocycles. The summed E-state index contributed by atoms with van der Waals surface area (Å²) >= 11 is 3.84. The lowest BCUT2D eigenvalue weighted by molar-refractivity contribution is 0.0992. The fourth-order valence-electron chi connectivity index (χ4n) is 2.06. The Morgan fingerprint density at radius 2 is 2.21 bits per heavy atom. The maximum atomic E-state index is 12.1. The molecular weight excluding hydrogens is 371 g/mol. The summed E-state index contributed by atoms with van der Waals surface area (Å²) in [6, 6.07) is 4.32. The van der Waals surface area contributed by atoms with Gasteiger partial charge in [0.1, 0.15) is 0 Å². The number of ketones is 1. The van der Waals surface area contributed by atoms with Crippen molar-refractivity contribution in [3.05, 3.63) is 37.9 Å². The smallest absolute Gasteiger partial charge is 0.169 e. The first-order chi connectivity index (χ1) is 9.13. The molecule has 2 heterocycles. The number of halogens is 1. The van der Waals surface area contributed by atoms with Crippen molar-refractivity contribution in [3.8, 4) is 0 Å². The molecule has 0 spiro atoms. The summed E-state index contributed by atoms with van der Waals surface area (Å²) in [7, 11) is 0. The van der Waals surface area contributed by atoms with E-state index in [1.165, 1.54) is 0 Å². The second-order valence-electron chi connectivity index (χ2n) is 4.50. The Bertz CT molecular complexity index is 557. The first kappa shape index (κ1) is 14.7. The molecule has 0 fully saturated rings. The van der Waals surface area contributed by atoms with Crippen LogP contribution in [-0.4, -0.2) is 15.6 Å². The number of hydrogen-bond donors (Lipinski definition) is 0. The molecule has 0 amide bonds. The van der Waals surface area contributed by atoms with Gasteiger partial charge in [-0.1, -0.05) is 13.8 Å². The number of aromatic nitrogens is 2. The zero-order chi connectivity index (χ0) is 13.8. The van der Waals surface area contributed by atoms with E-state index in [0.29, 0.717) is 12.5 Å². The van der Waals surface area contributed by atoms with Crippen molar-refractivity contribution >= 4 is 39.7 Å². The van der Waals surface area contributed by atoms with Gasteiger partial charge in [-0.3, -0.25) is 9.48 Å². The molecule has 0 saturated heterocycles. The molecular formula is C14H17IN2OS. The number of thiophene rings is 1. The summed E-state index contributed by atoms with van der Waals surface area (Å²) in [4.78, 5) is 12.1. The zero-order valence-corrected chi connectivity index (χ0v) is 14.1. The third-order valence-corrected chi connectivity index (χ3v) is 5.00. The summed E-state index contributed by atoms with van der Waals surface area (Å²) in [5, 5.41) is 6.44. The van der Waals surface area contributed by atoms with E-state index in [-0.39, 0.29) is 5.78 Å². The average Bonchev–Trinajstić information content (AvgIpc) is 3.00. The molecule has 0 atom stereocenters. The van der Waals surface area contributed by atoms with Crippen LogP contribution in [0.4, 0.5) is 0 Å². The molecule has 0 unspecified atom stereocenters. The molecule has 2 rings (SSSR count). The molecule has 0 aliphatic carbocycles. The fourth-order valence-corrected chi connectivity index (χ4v) is 3.41. The highest BCUT2D eigenvalue weighted by Gasteiger charge is 2.13. The molecule has 0 saturated carbocycles. The molecule has 0 N–H and O–H groups in total. The van der Waals surface area contributed by atoms with E-state index in [0.717, 1.165) is 27.0 Å². The molecule has 0 bridgehead atoms. The van der Waals surface area contributed by atoms with Crippen molar-refractivity contribution < 1.29 is 4.79 Å². The van der Waals surface area contributed by atoms with E-state index in [1.807, 2.05) is 28.4 Å². The van der Waals surface area contributed by atoms with Crippen LogP contribution in [0.2, 0.25) is 0 Å². The van der Waals surface area contributed by atoms with Gasteiger partial charge in [0.25, 0.3) is 0 Å². The Labute approximate surface area is 131 Å². The molecule has 2 aromatic heterocycles. The van der Waals surface area contributed by atoms with Crippen molar-refractivity contribution in [2.45, 2.75) is 39.2 Å². The molecule has 102 valence electrons. The number of hydrogen-bond acceptors (Lipinski definition) is 3. The van der Waals surface area contributed by atoms with Crippen molar-refractivity contribution in [1.82, 2.24) is 9.78 Å². The Kier molecular flexibility index (Phi) is 5.15. The molecule has 0 aliphatic heterocycles. The summed E-state index contributed by atoms with van der Waals surface area (Å²) < 4.78 is 3.13. The Hall–Kier alpha value is -0.690. The first-order valence-corrected chi connectivity index (χ1v) is 8.41. The first-order valence-electron chi connectivity index (χ1n) is 6.45. The topological polar surface area (TPSA) is 34.9 Å². The van der Waals surface area contributed by atoms with Gasteiger partial charge >= 0.3 is 0 Å². The molecule has 5 heteroatoms. The van der Waals surface area contributed by atoms with Crippen LogP contribution >= 0.6 is 33.9 Å². The van der Waals surface area contributed by atoms with Gasteiger partial charge in [0, 0.05) is 17.1 Å². The quantitative estimate of drug-likeness (QED) is 0.545. The lowest BCUT2D eigenvalue weighted by atomic mass is 10.1. The number of rotatable bonds is 6. The second-order valence-corrected chi connectivity index (χ2v) is 7.30. The Morgan fingerprint density at radius 1 is 1.47 bits per heavy atom. The van der Waals surface area contributed by atoms with Gasteiger partial charge < -0.3 is 0 Å². The van der Waals surface area contributed by atoms with E-state index in [9.17, 15) is 4.79 Å². The summed E-state index contributed by atoms with van der Waals surface area (Å²) in [6.45, 7) is 4.32. The SMILES string of the molecule is CCC(CC)n1ccc(CC(=O)c2csc(I)c2)n1. The van der Waals surface area contributed by atoms with Gasteiger partial charge in [-0.15, -0.1) is 11.3 Å². The third-order valence-electron chi connectivity index (χ3n) is 3.21. The third kappa shape index (κ3) is 3.66. The van der Waals surface area contributed by atoms with Gasteiger partial charge in [-0.05, 0) is 47.6 Å². The number of carbonyl (C=O) groups excluding carboxylic acids is 1. The van der Waals surface area contributed by atoms with Crippen molar-refractivity contribution in [3.63, 3.8) is 0 Å². The molecule has 0 aliphatic rings. The highest BCUT2D eigenvalue weighted by molar-refractivity contribution is 14.1. The van der Waals surface area contributed by atoms with E-state index in [4.69, 9.17) is 0 Å². The summed E-state index contributed by atoms with van der Waals surface area (Å²) in [5.74, 6) is 0.147. The minimum Gasteiger partial charge on any atom is -0.294 e. The van der Waals surface area contributed by atoms with Gasteiger partial charge in [0.05, 0.1) is 21.0 Å². The van der Waals surface area contributed by atoms with E-state index in [1.54, 1.807) is 11.3 Å². The number of nitrogens with zero attached hydrogens (tertiary/aromatic N) is 2. The van der Waals surface area contributed by atoms with Gasteiger partial charge in [-0.2, -0.15) is 5.10 Å². The van der Waals surface area contributed by atoms with Gasteiger partial charge in [0.15, 0.2) is 5.78 Å². The van der Waals surface area contributed by atoms with Crippen LogP contribution in [0.3, 0.4) is 0 Å². The molecule has 3 nitrogen and oxygen atoms in total. The normalized spacial score (nSPS) is 11.2. The van der Waals surface area contributed by atoms with Crippen LogP contribution in [-0.2, 0) is 6.42 Å². The summed E-state index contributed by atoms with van der Waals surface area (Å²) in [6.07, 6.45) is 4.50. The van der Waals surface area contributed by atoms with Gasteiger partial charge in [-0.25, -0.2) is 0 Å². The average molecular weight is 388 g/mol. The minimum atomic E-state index is 0.147. The Morgan fingerprint density at radius 3 is 2.79 bits per heavy atom. The second kappa shape index (κ2) is 6.65. The van der Waals surface area contributed by atoms with Crippen LogP contribution in [0.1, 0.15) is 48.8 Å². The van der Waals surface area contributed by atoms with Crippen LogP contribution in [0.15, 0.2) is 23.7 Å². The van der Waals surface area contributed by atoms with E-state index in [2.05, 4.69) is 41.5 Å². The molecule has 2 aromatic rings.